The Bertz CT molecular complexity index is 474. The number of alkyl halides is 2. The summed E-state index contributed by atoms with van der Waals surface area (Å²) in [5.41, 5.74) is 0.967. The van der Waals surface area contributed by atoms with Crippen molar-refractivity contribution in [3.05, 3.63) is 32.9 Å². The van der Waals surface area contributed by atoms with Gasteiger partial charge in [-0.3, -0.25) is 4.79 Å². The highest BCUT2D eigenvalue weighted by molar-refractivity contribution is 14.1. The summed E-state index contributed by atoms with van der Waals surface area (Å²) in [6, 6.07) is 3.54. The molecule has 19 heavy (non-hydrogen) atoms. The van der Waals surface area contributed by atoms with Gasteiger partial charge in [-0.15, -0.1) is 0 Å². The third-order valence-electron chi connectivity index (χ3n) is 2.47. The molecule has 1 aromatic rings. The Labute approximate surface area is 122 Å². The van der Waals surface area contributed by atoms with Crippen molar-refractivity contribution in [2.24, 2.45) is 0 Å². The number of rotatable bonds is 5. The summed E-state index contributed by atoms with van der Waals surface area (Å²) in [6.07, 6.45) is -3.71. The van der Waals surface area contributed by atoms with E-state index in [-0.39, 0.29) is 0 Å². The summed E-state index contributed by atoms with van der Waals surface area (Å²) in [7, 11) is 0. The van der Waals surface area contributed by atoms with Crippen molar-refractivity contribution in [2.75, 3.05) is 0 Å². The van der Waals surface area contributed by atoms with Crippen LogP contribution in [0.25, 0.3) is 0 Å². The van der Waals surface area contributed by atoms with Gasteiger partial charge in [-0.25, -0.2) is 13.6 Å². The summed E-state index contributed by atoms with van der Waals surface area (Å²) in [4.78, 5) is 22.8. The van der Waals surface area contributed by atoms with E-state index in [1.165, 1.54) is 0 Å². The fourth-order valence-corrected chi connectivity index (χ4v) is 2.43. The fraction of sp³-hybridized carbons (Fsp3) is 0.333. The Balaban J connectivity index is 2.91. The molecule has 2 N–H and O–H groups in total. The minimum atomic E-state index is -2.79. The molecule has 0 spiro atoms. The highest BCUT2D eigenvalue weighted by Crippen LogP contribution is 2.17. The number of aryl methyl sites for hydroxylation is 1. The van der Waals surface area contributed by atoms with Gasteiger partial charge in [-0.2, -0.15) is 0 Å². The lowest BCUT2D eigenvalue weighted by atomic mass is 10.1. The number of halogens is 3. The second-order valence-electron chi connectivity index (χ2n) is 3.92. The van der Waals surface area contributed by atoms with Crippen molar-refractivity contribution >= 4 is 34.5 Å². The van der Waals surface area contributed by atoms with E-state index in [0.717, 1.165) is 0 Å². The van der Waals surface area contributed by atoms with Gasteiger partial charge in [0.25, 0.3) is 5.91 Å². The van der Waals surface area contributed by atoms with E-state index >= 15 is 0 Å². The first-order valence-corrected chi connectivity index (χ1v) is 6.47. The van der Waals surface area contributed by atoms with Crippen LogP contribution in [-0.4, -0.2) is 29.5 Å². The number of benzene rings is 1. The van der Waals surface area contributed by atoms with Crippen LogP contribution < -0.4 is 5.32 Å². The lowest BCUT2D eigenvalue weighted by Gasteiger charge is -2.15. The number of hydrogen-bond donors (Lipinski definition) is 2. The van der Waals surface area contributed by atoms with Gasteiger partial charge < -0.3 is 10.4 Å². The number of carbonyl (C=O) groups is 2. The summed E-state index contributed by atoms with van der Waals surface area (Å²) >= 11 is 1.93. The van der Waals surface area contributed by atoms with E-state index in [1.54, 1.807) is 25.1 Å². The number of amides is 1. The minimum Gasteiger partial charge on any atom is -0.480 e. The zero-order valence-electron chi connectivity index (χ0n) is 9.99. The van der Waals surface area contributed by atoms with Gasteiger partial charge >= 0.3 is 5.97 Å². The summed E-state index contributed by atoms with van der Waals surface area (Å²) in [6.45, 7) is 1.69. The lowest BCUT2D eigenvalue weighted by molar-refractivity contribution is -0.140. The van der Waals surface area contributed by atoms with Crippen LogP contribution in [0.3, 0.4) is 0 Å². The number of hydrogen-bond acceptors (Lipinski definition) is 2. The van der Waals surface area contributed by atoms with Gasteiger partial charge in [0.05, 0.1) is 5.56 Å². The molecule has 0 aliphatic heterocycles. The summed E-state index contributed by atoms with van der Waals surface area (Å²) in [5.74, 6) is -2.13. The van der Waals surface area contributed by atoms with Crippen molar-refractivity contribution < 1.29 is 23.5 Å². The Kier molecular flexibility index (Phi) is 5.64. The van der Waals surface area contributed by atoms with Crippen LogP contribution in [-0.2, 0) is 4.79 Å². The average Bonchev–Trinajstić information content (AvgIpc) is 2.27. The third kappa shape index (κ3) is 4.41. The molecule has 7 heteroatoms. The monoisotopic (exact) mass is 383 g/mol. The molecule has 0 heterocycles. The van der Waals surface area contributed by atoms with Crippen LogP contribution in [0.15, 0.2) is 18.2 Å². The standard InChI is InChI=1S/C12H12F2INO3/c1-6-3-2-4-7(15)10(6)11(17)16-8(12(18)19)5-9(13)14/h2-4,8-9H,5H2,1H3,(H,16,17)(H,18,19). The maximum atomic E-state index is 12.2. The average molecular weight is 383 g/mol. The molecule has 0 saturated carbocycles. The van der Waals surface area contributed by atoms with Gasteiger partial charge in [0.1, 0.15) is 6.04 Å². The fourth-order valence-electron chi connectivity index (χ4n) is 1.55. The maximum Gasteiger partial charge on any atom is 0.326 e. The molecule has 1 amide bonds. The predicted molar refractivity (Wildman–Crippen MR) is 73.4 cm³/mol. The zero-order chi connectivity index (χ0) is 14.6. The van der Waals surface area contributed by atoms with Crippen molar-refractivity contribution in [3.8, 4) is 0 Å². The number of carboxylic acid groups (broad SMARTS) is 1. The van der Waals surface area contributed by atoms with E-state index < -0.39 is 30.8 Å². The molecule has 0 saturated heterocycles. The molecule has 0 aliphatic rings. The van der Waals surface area contributed by atoms with E-state index in [2.05, 4.69) is 5.32 Å². The summed E-state index contributed by atoms with van der Waals surface area (Å²) in [5, 5.41) is 10.9. The molecule has 104 valence electrons. The largest absolute Gasteiger partial charge is 0.480 e. The molecule has 0 fully saturated rings. The second-order valence-corrected chi connectivity index (χ2v) is 5.08. The molecular weight excluding hydrogens is 371 g/mol. The lowest BCUT2D eigenvalue weighted by Crippen LogP contribution is -2.42. The van der Waals surface area contributed by atoms with Gasteiger partial charge in [0, 0.05) is 9.99 Å². The molecule has 0 radical (unpaired) electrons. The van der Waals surface area contributed by atoms with Crippen LogP contribution in [0.1, 0.15) is 22.3 Å². The van der Waals surface area contributed by atoms with Crippen LogP contribution >= 0.6 is 22.6 Å². The van der Waals surface area contributed by atoms with Crippen LogP contribution in [0, 0.1) is 10.5 Å². The van der Waals surface area contributed by atoms with Crippen molar-refractivity contribution in [1.29, 1.82) is 0 Å². The number of carboxylic acids is 1. The summed E-state index contributed by atoms with van der Waals surface area (Å²) < 4.78 is 25.1. The van der Waals surface area contributed by atoms with E-state index in [9.17, 15) is 18.4 Å². The SMILES string of the molecule is Cc1cccc(I)c1C(=O)NC(CC(F)F)C(=O)O. The Morgan fingerprint density at radius 2 is 2.05 bits per heavy atom. The smallest absolute Gasteiger partial charge is 0.326 e. The first-order chi connectivity index (χ1) is 8.82. The molecule has 1 aromatic carbocycles. The van der Waals surface area contributed by atoms with Gasteiger partial charge in [-0.1, -0.05) is 12.1 Å². The minimum absolute atomic E-state index is 0.309. The van der Waals surface area contributed by atoms with E-state index in [0.29, 0.717) is 14.7 Å². The Morgan fingerprint density at radius 3 is 2.53 bits per heavy atom. The highest BCUT2D eigenvalue weighted by atomic mass is 127. The molecule has 0 aliphatic carbocycles. The molecule has 0 aromatic heterocycles. The van der Waals surface area contributed by atoms with E-state index in [1.807, 2.05) is 22.6 Å². The van der Waals surface area contributed by atoms with Crippen LogP contribution in [0.2, 0.25) is 0 Å². The Hall–Kier alpha value is -1.25. The Morgan fingerprint density at radius 1 is 1.42 bits per heavy atom. The molecular formula is C12H12F2INO3. The predicted octanol–water partition coefficient (Wildman–Crippen LogP) is 2.44. The van der Waals surface area contributed by atoms with Crippen molar-refractivity contribution in [3.63, 3.8) is 0 Å². The molecule has 1 rings (SSSR count). The first kappa shape index (κ1) is 15.8. The molecule has 1 atom stereocenters. The van der Waals surface area contributed by atoms with E-state index in [4.69, 9.17) is 5.11 Å². The number of aliphatic carboxylic acids is 1. The number of nitrogens with one attached hydrogen (secondary N) is 1. The molecule has 4 nitrogen and oxygen atoms in total. The van der Waals surface area contributed by atoms with Crippen LogP contribution in [0.4, 0.5) is 8.78 Å². The van der Waals surface area contributed by atoms with Gasteiger partial charge in [-0.05, 0) is 41.1 Å². The highest BCUT2D eigenvalue weighted by Gasteiger charge is 2.25. The molecule has 0 bridgehead atoms. The zero-order valence-corrected chi connectivity index (χ0v) is 12.1. The van der Waals surface area contributed by atoms with Crippen molar-refractivity contribution in [2.45, 2.75) is 25.8 Å². The normalized spacial score (nSPS) is 12.3. The van der Waals surface area contributed by atoms with Crippen LogP contribution in [0.5, 0.6) is 0 Å². The first-order valence-electron chi connectivity index (χ1n) is 5.40. The quantitative estimate of drug-likeness (QED) is 0.768. The molecule has 1 unspecified atom stereocenters. The second kappa shape index (κ2) is 6.78. The maximum absolute atomic E-state index is 12.2. The third-order valence-corrected chi connectivity index (χ3v) is 3.37. The van der Waals surface area contributed by atoms with Gasteiger partial charge in [0.2, 0.25) is 6.43 Å². The number of carbonyl (C=O) groups excluding carboxylic acids is 1. The topological polar surface area (TPSA) is 66.4 Å². The van der Waals surface area contributed by atoms with Gasteiger partial charge in [0.15, 0.2) is 0 Å². The van der Waals surface area contributed by atoms with Crippen molar-refractivity contribution in [1.82, 2.24) is 5.32 Å².